The summed E-state index contributed by atoms with van der Waals surface area (Å²) in [5, 5.41) is 14.5. The van der Waals surface area contributed by atoms with Crippen LogP contribution in [0.2, 0.25) is 0 Å². The van der Waals surface area contributed by atoms with Crippen molar-refractivity contribution in [1.29, 1.82) is 0 Å². The number of nitrogens with one attached hydrogen (secondary N) is 2. The summed E-state index contributed by atoms with van der Waals surface area (Å²) in [6.07, 6.45) is 0. The van der Waals surface area contributed by atoms with E-state index in [-0.39, 0.29) is 11.7 Å². The fraction of sp³-hybridized carbons (Fsp3) is 0.0800. The second kappa shape index (κ2) is 9.17. The van der Waals surface area contributed by atoms with Gasteiger partial charge in [0.2, 0.25) is 0 Å². The number of carbonyl (C=O) groups excluding carboxylic acids is 1. The first-order chi connectivity index (χ1) is 15.1. The van der Waals surface area contributed by atoms with E-state index < -0.39 is 0 Å². The van der Waals surface area contributed by atoms with E-state index in [0.29, 0.717) is 23.6 Å². The van der Waals surface area contributed by atoms with Crippen molar-refractivity contribution in [2.24, 2.45) is 0 Å². The standard InChI is InChI=1S/C25H21FN4O/c1-17-5-2-3-6-20(17)16-27-25(31)19-7-4-8-22(15-19)28-24-14-13-23(29-30-24)18-9-11-21(26)12-10-18/h2-15H,16H2,1H3,(H,27,31)(H,28,30). The van der Waals surface area contributed by atoms with Gasteiger partial charge < -0.3 is 10.6 Å². The quantitative estimate of drug-likeness (QED) is 0.453. The molecule has 0 aliphatic heterocycles. The summed E-state index contributed by atoms with van der Waals surface area (Å²) in [6.45, 7) is 2.49. The maximum Gasteiger partial charge on any atom is 0.251 e. The van der Waals surface area contributed by atoms with Crippen LogP contribution in [-0.2, 0) is 6.54 Å². The van der Waals surface area contributed by atoms with Gasteiger partial charge in [0.05, 0.1) is 5.69 Å². The lowest BCUT2D eigenvalue weighted by Gasteiger charge is -2.10. The van der Waals surface area contributed by atoms with E-state index >= 15 is 0 Å². The van der Waals surface area contributed by atoms with Crippen molar-refractivity contribution in [3.8, 4) is 11.3 Å². The van der Waals surface area contributed by atoms with Gasteiger partial charge >= 0.3 is 0 Å². The van der Waals surface area contributed by atoms with E-state index in [4.69, 9.17) is 0 Å². The number of hydrogen-bond acceptors (Lipinski definition) is 4. The Hall–Kier alpha value is -4.06. The van der Waals surface area contributed by atoms with Crippen LogP contribution in [0.15, 0.2) is 84.9 Å². The third-order valence-corrected chi connectivity index (χ3v) is 4.90. The fourth-order valence-corrected chi connectivity index (χ4v) is 3.15. The second-order valence-corrected chi connectivity index (χ2v) is 7.13. The molecule has 0 radical (unpaired) electrons. The molecule has 0 aliphatic carbocycles. The van der Waals surface area contributed by atoms with Gasteiger partial charge in [-0.2, -0.15) is 0 Å². The van der Waals surface area contributed by atoms with E-state index in [2.05, 4.69) is 20.8 Å². The van der Waals surface area contributed by atoms with Crippen LogP contribution < -0.4 is 10.6 Å². The molecule has 1 aromatic heterocycles. The third-order valence-electron chi connectivity index (χ3n) is 4.90. The average molecular weight is 412 g/mol. The Morgan fingerprint density at radius 1 is 0.903 bits per heavy atom. The van der Waals surface area contributed by atoms with Crippen molar-refractivity contribution in [2.75, 3.05) is 5.32 Å². The maximum absolute atomic E-state index is 13.1. The summed E-state index contributed by atoms with van der Waals surface area (Å²) < 4.78 is 13.1. The first-order valence-corrected chi connectivity index (χ1v) is 9.88. The van der Waals surface area contributed by atoms with E-state index in [1.807, 2.05) is 43.3 Å². The molecule has 1 heterocycles. The van der Waals surface area contributed by atoms with Crippen molar-refractivity contribution in [1.82, 2.24) is 15.5 Å². The molecule has 0 saturated carbocycles. The fourth-order valence-electron chi connectivity index (χ4n) is 3.15. The molecule has 0 fully saturated rings. The Bertz CT molecular complexity index is 1190. The first kappa shape index (κ1) is 20.2. The van der Waals surface area contributed by atoms with Crippen LogP contribution in [0.25, 0.3) is 11.3 Å². The molecule has 0 spiro atoms. The zero-order valence-electron chi connectivity index (χ0n) is 17.0. The predicted octanol–water partition coefficient (Wildman–Crippen LogP) is 5.26. The molecule has 2 N–H and O–H groups in total. The lowest BCUT2D eigenvalue weighted by molar-refractivity contribution is 0.0951. The highest BCUT2D eigenvalue weighted by Gasteiger charge is 2.08. The molecule has 6 heteroatoms. The number of aromatic nitrogens is 2. The van der Waals surface area contributed by atoms with Gasteiger partial charge in [0.15, 0.2) is 5.82 Å². The van der Waals surface area contributed by atoms with Gasteiger partial charge in [-0.1, -0.05) is 30.3 Å². The van der Waals surface area contributed by atoms with E-state index in [1.54, 1.807) is 36.4 Å². The Balaban J connectivity index is 1.41. The predicted molar refractivity (Wildman–Crippen MR) is 119 cm³/mol. The van der Waals surface area contributed by atoms with Crippen LogP contribution in [0.5, 0.6) is 0 Å². The zero-order valence-corrected chi connectivity index (χ0v) is 17.0. The molecular formula is C25H21FN4O. The molecule has 1 amide bonds. The molecular weight excluding hydrogens is 391 g/mol. The highest BCUT2D eigenvalue weighted by molar-refractivity contribution is 5.95. The summed E-state index contributed by atoms with van der Waals surface area (Å²) in [7, 11) is 0. The second-order valence-electron chi connectivity index (χ2n) is 7.13. The number of amides is 1. The Morgan fingerprint density at radius 3 is 2.45 bits per heavy atom. The van der Waals surface area contributed by atoms with E-state index in [9.17, 15) is 9.18 Å². The van der Waals surface area contributed by atoms with Gasteiger partial charge in [0.1, 0.15) is 5.82 Å². The van der Waals surface area contributed by atoms with Gasteiger partial charge in [0.25, 0.3) is 5.91 Å². The van der Waals surface area contributed by atoms with Gasteiger partial charge in [0, 0.05) is 23.4 Å². The van der Waals surface area contributed by atoms with Crippen molar-refractivity contribution in [3.63, 3.8) is 0 Å². The molecule has 0 saturated heterocycles. The number of rotatable bonds is 6. The summed E-state index contributed by atoms with van der Waals surface area (Å²) in [6, 6.07) is 24.8. The Labute approximate surface area is 180 Å². The molecule has 31 heavy (non-hydrogen) atoms. The number of carbonyl (C=O) groups is 1. The lowest BCUT2D eigenvalue weighted by Crippen LogP contribution is -2.23. The molecule has 5 nitrogen and oxygen atoms in total. The molecule has 4 rings (SSSR count). The normalized spacial score (nSPS) is 10.5. The molecule has 0 aliphatic rings. The Kier molecular flexibility index (Phi) is 5.98. The highest BCUT2D eigenvalue weighted by atomic mass is 19.1. The smallest absolute Gasteiger partial charge is 0.251 e. The van der Waals surface area contributed by atoms with Crippen LogP contribution in [0.4, 0.5) is 15.9 Å². The number of anilines is 2. The van der Waals surface area contributed by atoms with Crippen molar-refractivity contribution in [3.05, 3.63) is 107 Å². The highest BCUT2D eigenvalue weighted by Crippen LogP contribution is 2.20. The van der Waals surface area contributed by atoms with Crippen molar-refractivity contribution < 1.29 is 9.18 Å². The van der Waals surface area contributed by atoms with Crippen LogP contribution >= 0.6 is 0 Å². The van der Waals surface area contributed by atoms with Crippen LogP contribution in [0.3, 0.4) is 0 Å². The van der Waals surface area contributed by atoms with Crippen LogP contribution in [-0.4, -0.2) is 16.1 Å². The summed E-state index contributed by atoms with van der Waals surface area (Å²) in [5.74, 6) is 0.103. The molecule has 0 atom stereocenters. The molecule has 0 bridgehead atoms. The van der Waals surface area contributed by atoms with Gasteiger partial charge in [-0.3, -0.25) is 4.79 Å². The summed E-state index contributed by atoms with van der Waals surface area (Å²) in [5.41, 5.74) is 4.94. The van der Waals surface area contributed by atoms with E-state index in [0.717, 1.165) is 22.4 Å². The van der Waals surface area contributed by atoms with Crippen molar-refractivity contribution >= 4 is 17.4 Å². The Morgan fingerprint density at radius 2 is 1.71 bits per heavy atom. The number of halogens is 1. The summed E-state index contributed by atoms with van der Waals surface area (Å²) in [4.78, 5) is 12.6. The van der Waals surface area contributed by atoms with Crippen LogP contribution in [0.1, 0.15) is 21.5 Å². The number of aryl methyl sites for hydroxylation is 1. The number of hydrogen-bond donors (Lipinski definition) is 2. The molecule has 0 unspecified atom stereocenters. The minimum Gasteiger partial charge on any atom is -0.348 e. The number of nitrogens with zero attached hydrogens (tertiary/aromatic N) is 2. The topological polar surface area (TPSA) is 66.9 Å². The average Bonchev–Trinajstić information content (AvgIpc) is 2.80. The molecule has 154 valence electrons. The largest absolute Gasteiger partial charge is 0.348 e. The van der Waals surface area contributed by atoms with Crippen molar-refractivity contribution in [2.45, 2.75) is 13.5 Å². The maximum atomic E-state index is 13.1. The monoisotopic (exact) mass is 412 g/mol. The van der Waals surface area contributed by atoms with E-state index in [1.165, 1.54) is 12.1 Å². The SMILES string of the molecule is Cc1ccccc1CNC(=O)c1cccc(Nc2ccc(-c3ccc(F)cc3)nn2)c1. The first-order valence-electron chi connectivity index (χ1n) is 9.88. The summed E-state index contributed by atoms with van der Waals surface area (Å²) >= 11 is 0. The molecule has 3 aromatic carbocycles. The van der Waals surface area contributed by atoms with Gasteiger partial charge in [-0.05, 0) is 72.6 Å². The molecule has 4 aromatic rings. The minimum atomic E-state index is -0.294. The lowest BCUT2D eigenvalue weighted by atomic mass is 10.1. The van der Waals surface area contributed by atoms with Gasteiger partial charge in [-0.25, -0.2) is 4.39 Å². The third kappa shape index (κ3) is 5.11. The number of benzene rings is 3. The minimum absolute atomic E-state index is 0.148. The van der Waals surface area contributed by atoms with Crippen LogP contribution in [0, 0.1) is 12.7 Å². The zero-order chi connectivity index (χ0) is 21.6. The van der Waals surface area contributed by atoms with Gasteiger partial charge in [-0.15, -0.1) is 10.2 Å².